The molecule has 0 aliphatic heterocycles. The molecule has 0 spiro atoms. The van der Waals surface area contributed by atoms with E-state index in [9.17, 15) is 4.79 Å². The Morgan fingerprint density at radius 1 is 1.06 bits per heavy atom. The van der Waals surface area contributed by atoms with Crippen LogP contribution in [0.1, 0.15) is 16.7 Å². The molecule has 0 bridgehead atoms. The summed E-state index contributed by atoms with van der Waals surface area (Å²) in [7, 11) is 0. The van der Waals surface area contributed by atoms with Gasteiger partial charge in [-0.25, -0.2) is 4.98 Å². The molecular formula is C24H23N5O2S. The average molecular weight is 446 g/mol. The Labute approximate surface area is 190 Å². The quantitative estimate of drug-likeness (QED) is 0.393. The number of carbonyl (C=O) groups excluding carboxylic acids is 1. The van der Waals surface area contributed by atoms with Crippen LogP contribution in [0, 0.1) is 6.92 Å². The van der Waals surface area contributed by atoms with Crippen LogP contribution in [0.5, 0.6) is 5.88 Å². The summed E-state index contributed by atoms with van der Waals surface area (Å²) in [5.74, 6) is 0.686. The van der Waals surface area contributed by atoms with Gasteiger partial charge in [-0.15, -0.1) is 10.2 Å². The molecule has 0 atom stereocenters. The van der Waals surface area contributed by atoms with E-state index < -0.39 is 0 Å². The van der Waals surface area contributed by atoms with Gasteiger partial charge < -0.3 is 10.1 Å². The van der Waals surface area contributed by atoms with Gasteiger partial charge in [0.25, 0.3) is 0 Å². The van der Waals surface area contributed by atoms with Crippen molar-refractivity contribution in [2.75, 3.05) is 5.75 Å². The van der Waals surface area contributed by atoms with Crippen molar-refractivity contribution >= 4 is 17.7 Å². The first-order chi connectivity index (χ1) is 15.7. The smallest absolute Gasteiger partial charge is 0.230 e. The van der Waals surface area contributed by atoms with E-state index in [0.717, 1.165) is 16.8 Å². The molecule has 162 valence electrons. The lowest BCUT2D eigenvalue weighted by Crippen LogP contribution is -2.24. The van der Waals surface area contributed by atoms with E-state index in [1.165, 1.54) is 17.3 Å². The maximum atomic E-state index is 12.4. The Morgan fingerprint density at radius 3 is 2.69 bits per heavy atom. The molecule has 2 aromatic heterocycles. The molecule has 0 saturated heterocycles. The first-order valence-electron chi connectivity index (χ1n) is 10.2. The monoisotopic (exact) mass is 445 g/mol. The van der Waals surface area contributed by atoms with Crippen LogP contribution in [-0.2, 0) is 17.9 Å². The predicted molar refractivity (Wildman–Crippen MR) is 124 cm³/mol. The maximum absolute atomic E-state index is 12.4. The second-order valence-corrected chi connectivity index (χ2v) is 8.10. The largest absolute Gasteiger partial charge is 0.473 e. The summed E-state index contributed by atoms with van der Waals surface area (Å²) in [4.78, 5) is 16.6. The van der Waals surface area contributed by atoms with Gasteiger partial charge in [0.15, 0.2) is 5.16 Å². The molecule has 0 fully saturated rings. The number of hydrogen-bond acceptors (Lipinski definition) is 6. The topological polar surface area (TPSA) is 81.9 Å². The number of carbonyl (C=O) groups is 1. The molecule has 7 nitrogen and oxygen atoms in total. The zero-order valence-corrected chi connectivity index (χ0v) is 18.5. The van der Waals surface area contributed by atoms with Crippen LogP contribution in [0.15, 0.2) is 84.4 Å². The molecule has 0 aliphatic carbocycles. The van der Waals surface area contributed by atoms with Gasteiger partial charge in [-0.2, -0.15) is 0 Å². The number of hydrogen-bond donors (Lipinski definition) is 1. The van der Waals surface area contributed by atoms with E-state index in [0.29, 0.717) is 24.2 Å². The van der Waals surface area contributed by atoms with Crippen molar-refractivity contribution < 1.29 is 9.53 Å². The Hall–Kier alpha value is -3.65. The van der Waals surface area contributed by atoms with Crippen molar-refractivity contribution in [3.63, 3.8) is 0 Å². The third-order valence-electron chi connectivity index (χ3n) is 4.68. The fourth-order valence-electron chi connectivity index (χ4n) is 2.96. The second kappa shape index (κ2) is 10.6. The number of aryl methyl sites for hydroxylation is 1. The standard InChI is InChI=1S/C24H23N5O2S/c1-18-7-9-21(10-8-18)29-17-27-28-24(29)32-16-22(30)26-14-20-11-12-25-23(13-20)31-15-19-5-3-2-4-6-19/h2-13,17H,14-16H2,1H3,(H,26,30). The Balaban J connectivity index is 1.27. The molecule has 2 aromatic carbocycles. The lowest BCUT2D eigenvalue weighted by atomic mass is 10.2. The molecular weight excluding hydrogens is 422 g/mol. The minimum atomic E-state index is -0.0861. The minimum Gasteiger partial charge on any atom is -0.473 e. The van der Waals surface area contributed by atoms with Crippen LogP contribution in [0.25, 0.3) is 5.69 Å². The molecule has 0 radical (unpaired) electrons. The highest BCUT2D eigenvalue weighted by molar-refractivity contribution is 7.99. The summed E-state index contributed by atoms with van der Waals surface area (Å²) < 4.78 is 7.62. The zero-order valence-electron chi connectivity index (χ0n) is 17.6. The van der Waals surface area contributed by atoms with E-state index in [2.05, 4.69) is 20.5 Å². The summed E-state index contributed by atoms with van der Waals surface area (Å²) >= 11 is 1.35. The van der Waals surface area contributed by atoms with Crippen LogP contribution in [-0.4, -0.2) is 31.4 Å². The van der Waals surface area contributed by atoms with Crippen LogP contribution < -0.4 is 10.1 Å². The molecule has 0 saturated carbocycles. The van der Waals surface area contributed by atoms with Gasteiger partial charge in [0.2, 0.25) is 11.8 Å². The van der Waals surface area contributed by atoms with Gasteiger partial charge >= 0.3 is 0 Å². The zero-order chi connectivity index (χ0) is 22.2. The number of ether oxygens (including phenoxy) is 1. The Bertz CT molecular complexity index is 1160. The number of pyridine rings is 1. The van der Waals surface area contributed by atoms with Crippen molar-refractivity contribution in [1.29, 1.82) is 0 Å². The highest BCUT2D eigenvalue weighted by atomic mass is 32.2. The predicted octanol–water partition coefficient (Wildman–Crippen LogP) is 3.96. The van der Waals surface area contributed by atoms with E-state index in [1.807, 2.05) is 78.2 Å². The van der Waals surface area contributed by atoms with Gasteiger partial charge in [0.05, 0.1) is 5.75 Å². The molecule has 1 amide bonds. The maximum Gasteiger partial charge on any atom is 0.230 e. The fourth-order valence-corrected chi connectivity index (χ4v) is 3.72. The molecule has 1 N–H and O–H groups in total. The number of nitrogens with zero attached hydrogens (tertiary/aromatic N) is 4. The van der Waals surface area contributed by atoms with Crippen molar-refractivity contribution in [2.45, 2.75) is 25.2 Å². The van der Waals surface area contributed by atoms with Gasteiger partial charge in [-0.1, -0.05) is 59.8 Å². The van der Waals surface area contributed by atoms with Crippen molar-refractivity contribution in [1.82, 2.24) is 25.1 Å². The molecule has 4 aromatic rings. The van der Waals surface area contributed by atoms with Crippen LogP contribution in [0.2, 0.25) is 0 Å². The Kier molecular flexibility index (Phi) is 7.14. The normalized spacial score (nSPS) is 10.7. The molecule has 32 heavy (non-hydrogen) atoms. The third kappa shape index (κ3) is 5.95. The minimum absolute atomic E-state index is 0.0861. The van der Waals surface area contributed by atoms with Crippen molar-refractivity contribution in [2.24, 2.45) is 0 Å². The highest BCUT2D eigenvalue weighted by Gasteiger charge is 2.10. The van der Waals surface area contributed by atoms with Crippen LogP contribution >= 0.6 is 11.8 Å². The summed E-state index contributed by atoms with van der Waals surface area (Å²) in [5.41, 5.74) is 4.14. The third-order valence-corrected chi connectivity index (χ3v) is 5.62. The summed E-state index contributed by atoms with van der Waals surface area (Å²) in [6.45, 7) is 2.88. The van der Waals surface area contributed by atoms with Gasteiger partial charge in [0, 0.05) is 24.5 Å². The molecule has 0 aliphatic rings. The molecule has 4 rings (SSSR count). The SMILES string of the molecule is Cc1ccc(-n2cnnc2SCC(=O)NCc2ccnc(OCc3ccccc3)c2)cc1. The first kappa shape index (κ1) is 21.6. The summed E-state index contributed by atoms with van der Waals surface area (Å²) in [5, 5.41) is 11.7. The average Bonchev–Trinajstić information content (AvgIpc) is 3.30. The van der Waals surface area contributed by atoms with E-state index >= 15 is 0 Å². The second-order valence-electron chi connectivity index (χ2n) is 7.16. The van der Waals surface area contributed by atoms with E-state index in [-0.39, 0.29) is 11.7 Å². The van der Waals surface area contributed by atoms with Gasteiger partial charge in [0.1, 0.15) is 12.9 Å². The Morgan fingerprint density at radius 2 is 1.88 bits per heavy atom. The molecule has 0 unspecified atom stereocenters. The van der Waals surface area contributed by atoms with Crippen molar-refractivity contribution in [3.05, 3.63) is 95.9 Å². The molecule has 2 heterocycles. The summed E-state index contributed by atoms with van der Waals surface area (Å²) in [6.07, 6.45) is 3.33. The fraction of sp³-hybridized carbons (Fsp3) is 0.167. The number of amides is 1. The lowest BCUT2D eigenvalue weighted by Gasteiger charge is -2.09. The number of nitrogens with one attached hydrogen (secondary N) is 1. The lowest BCUT2D eigenvalue weighted by molar-refractivity contribution is -0.118. The van der Waals surface area contributed by atoms with Crippen LogP contribution in [0.3, 0.4) is 0 Å². The number of rotatable bonds is 9. The number of benzene rings is 2. The van der Waals surface area contributed by atoms with Gasteiger partial charge in [-0.05, 0) is 36.2 Å². The first-order valence-corrected chi connectivity index (χ1v) is 11.1. The van der Waals surface area contributed by atoms with Gasteiger partial charge in [-0.3, -0.25) is 9.36 Å². The van der Waals surface area contributed by atoms with E-state index in [1.54, 1.807) is 12.5 Å². The van der Waals surface area contributed by atoms with E-state index in [4.69, 9.17) is 4.74 Å². The number of thioether (sulfide) groups is 1. The number of aromatic nitrogens is 4. The summed E-state index contributed by atoms with van der Waals surface area (Å²) in [6, 6.07) is 21.7. The molecule has 8 heteroatoms. The van der Waals surface area contributed by atoms with Crippen LogP contribution in [0.4, 0.5) is 0 Å². The van der Waals surface area contributed by atoms with Crippen molar-refractivity contribution in [3.8, 4) is 11.6 Å². The highest BCUT2D eigenvalue weighted by Crippen LogP contribution is 2.19.